The first-order valence-corrected chi connectivity index (χ1v) is 8.56. The molecule has 1 fully saturated rings. The second-order valence-corrected chi connectivity index (χ2v) is 7.40. The molecular weight excluding hydrogens is 291 g/mol. The standard InChI is InChI=1S/C15H19FN2O2S/c1-10-5-3-7-14(11(10)2)18-21(19,20)15-8-4-6-13(16)12(15)9-17/h4,6,8,10-11,14,18H,3,5,7H2,1-2H3. The highest BCUT2D eigenvalue weighted by Crippen LogP contribution is 2.30. The summed E-state index contributed by atoms with van der Waals surface area (Å²) in [5.41, 5.74) is -0.429. The normalized spacial score (nSPS) is 26.3. The molecule has 1 N–H and O–H groups in total. The molecule has 114 valence electrons. The monoisotopic (exact) mass is 310 g/mol. The van der Waals surface area contributed by atoms with Gasteiger partial charge in [-0.2, -0.15) is 5.26 Å². The number of rotatable bonds is 3. The minimum atomic E-state index is -3.89. The molecule has 1 aliphatic carbocycles. The van der Waals surface area contributed by atoms with Gasteiger partial charge in [0.05, 0.1) is 0 Å². The van der Waals surface area contributed by atoms with E-state index < -0.39 is 21.4 Å². The predicted molar refractivity (Wildman–Crippen MR) is 77.4 cm³/mol. The number of hydrogen-bond acceptors (Lipinski definition) is 3. The van der Waals surface area contributed by atoms with E-state index in [1.54, 1.807) is 6.07 Å². The van der Waals surface area contributed by atoms with Crippen molar-refractivity contribution in [3.8, 4) is 6.07 Å². The van der Waals surface area contributed by atoms with Crippen molar-refractivity contribution >= 4 is 10.0 Å². The Morgan fingerprint density at radius 3 is 2.71 bits per heavy atom. The van der Waals surface area contributed by atoms with E-state index in [1.807, 2.05) is 6.92 Å². The van der Waals surface area contributed by atoms with Gasteiger partial charge in [-0.3, -0.25) is 0 Å². The summed E-state index contributed by atoms with van der Waals surface area (Å²) in [7, 11) is -3.89. The van der Waals surface area contributed by atoms with Crippen molar-refractivity contribution in [1.29, 1.82) is 5.26 Å². The van der Waals surface area contributed by atoms with Crippen molar-refractivity contribution in [1.82, 2.24) is 4.72 Å². The Morgan fingerprint density at radius 1 is 1.33 bits per heavy atom. The Kier molecular flexibility index (Phi) is 4.64. The van der Waals surface area contributed by atoms with Gasteiger partial charge in [-0.1, -0.05) is 32.8 Å². The lowest BCUT2D eigenvalue weighted by Gasteiger charge is -2.34. The van der Waals surface area contributed by atoms with Crippen LogP contribution in [0.25, 0.3) is 0 Å². The molecule has 0 amide bonds. The molecule has 3 atom stereocenters. The van der Waals surface area contributed by atoms with Crippen molar-refractivity contribution in [2.75, 3.05) is 0 Å². The minimum absolute atomic E-state index is 0.173. The third-order valence-corrected chi connectivity index (χ3v) is 5.92. The molecule has 1 aromatic rings. The highest BCUT2D eigenvalue weighted by molar-refractivity contribution is 7.89. The fraction of sp³-hybridized carbons (Fsp3) is 0.533. The Bertz CT molecular complexity index is 667. The van der Waals surface area contributed by atoms with Crippen LogP contribution in [-0.2, 0) is 10.0 Å². The van der Waals surface area contributed by atoms with Gasteiger partial charge >= 0.3 is 0 Å². The topological polar surface area (TPSA) is 70.0 Å². The van der Waals surface area contributed by atoms with Gasteiger partial charge in [0.15, 0.2) is 0 Å². The first-order chi connectivity index (χ1) is 9.86. The zero-order valence-electron chi connectivity index (χ0n) is 12.1. The average molecular weight is 310 g/mol. The third kappa shape index (κ3) is 3.25. The van der Waals surface area contributed by atoms with E-state index >= 15 is 0 Å². The largest absolute Gasteiger partial charge is 0.242 e. The molecule has 0 spiro atoms. The van der Waals surface area contributed by atoms with Crippen LogP contribution >= 0.6 is 0 Å². The number of nitrogens with zero attached hydrogens (tertiary/aromatic N) is 1. The summed E-state index contributed by atoms with van der Waals surface area (Å²) in [6.45, 7) is 4.13. The van der Waals surface area contributed by atoms with Crippen LogP contribution < -0.4 is 4.72 Å². The van der Waals surface area contributed by atoms with E-state index in [9.17, 15) is 12.8 Å². The summed E-state index contributed by atoms with van der Waals surface area (Å²) < 4.78 is 41.1. The number of nitriles is 1. The van der Waals surface area contributed by atoms with E-state index in [2.05, 4.69) is 11.6 Å². The summed E-state index contributed by atoms with van der Waals surface area (Å²) in [5.74, 6) is -0.160. The SMILES string of the molecule is CC1CCCC(NS(=O)(=O)c2cccc(F)c2C#N)C1C. The Hall–Kier alpha value is -1.45. The molecule has 21 heavy (non-hydrogen) atoms. The molecule has 6 heteroatoms. The molecule has 0 aromatic heterocycles. The van der Waals surface area contributed by atoms with Crippen molar-refractivity contribution in [2.24, 2.45) is 11.8 Å². The highest BCUT2D eigenvalue weighted by atomic mass is 32.2. The van der Waals surface area contributed by atoms with E-state index in [0.717, 1.165) is 25.3 Å². The van der Waals surface area contributed by atoms with Gasteiger partial charge in [0.2, 0.25) is 10.0 Å². The number of halogens is 1. The van der Waals surface area contributed by atoms with Crippen LogP contribution in [0.2, 0.25) is 0 Å². The highest BCUT2D eigenvalue weighted by Gasteiger charge is 2.32. The van der Waals surface area contributed by atoms with Crippen molar-refractivity contribution in [3.63, 3.8) is 0 Å². The maximum absolute atomic E-state index is 13.6. The van der Waals surface area contributed by atoms with E-state index in [1.165, 1.54) is 12.1 Å². The van der Waals surface area contributed by atoms with Crippen LogP contribution in [0.1, 0.15) is 38.7 Å². The molecule has 1 aliphatic rings. The number of sulfonamides is 1. The molecule has 3 unspecified atom stereocenters. The van der Waals surface area contributed by atoms with E-state index in [-0.39, 0.29) is 16.9 Å². The fourth-order valence-corrected chi connectivity index (χ4v) is 4.38. The average Bonchev–Trinajstić information content (AvgIpc) is 2.43. The molecule has 0 aliphatic heterocycles. The Morgan fingerprint density at radius 2 is 2.05 bits per heavy atom. The van der Waals surface area contributed by atoms with Crippen molar-refractivity contribution in [3.05, 3.63) is 29.6 Å². The summed E-state index contributed by atoms with van der Waals surface area (Å²) in [6.07, 6.45) is 2.82. The van der Waals surface area contributed by atoms with Gasteiger partial charge in [0.25, 0.3) is 0 Å². The minimum Gasteiger partial charge on any atom is -0.208 e. The summed E-state index contributed by atoms with van der Waals surface area (Å²) in [5, 5.41) is 8.98. The zero-order valence-corrected chi connectivity index (χ0v) is 13.0. The van der Waals surface area contributed by atoms with Crippen LogP contribution in [-0.4, -0.2) is 14.5 Å². The molecule has 2 rings (SSSR count). The van der Waals surface area contributed by atoms with Gasteiger partial charge < -0.3 is 0 Å². The maximum atomic E-state index is 13.6. The third-order valence-electron chi connectivity index (χ3n) is 4.39. The molecule has 1 aromatic carbocycles. The quantitative estimate of drug-likeness (QED) is 0.933. The van der Waals surface area contributed by atoms with Gasteiger partial charge in [-0.15, -0.1) is 0 Å². The van der Waals surface area contributed by atoms with Gasteiger partial charge in [0, 0.05) is 6.04 Å². The van der Waals surface area contributed by atoms with Crippen LogP contribution in [0.5, 0.6) is 0 Å². The van der Waals surface area contributed by atoms with Gasteiger partial charge in [-0.05, 0) is 30.4 Å². The number of nitrogens with one attached hydrogen (secondary N) is 1. The first kappa shape index (κ1) is 15.9. The molecule has 4 nitrogen and oxygen atoms in total. The molecule has 1 saturated carbocycles. The van der Waals surface area contributed by atoms with Gasteiger partial charge in [-0.25, -0.2) is 17.5 Å². The lowest BCUT2D eigenvalue weighted by molar-refractivity contribution is 0.227. The van der Waals surface area contributed by atoms with Crippen LogP contribution in [0.15, 0.2) is 23.1 Å². The molecule has 0 saturated heterocycles. The Labute approximate surface area is 125 Å². The summed E-state index contributed by atoms with van der Waals surface area (Å²) in [4.78, 5) is -0.282. The van der Waals surface area contributed by atoms with Crippen LogP contribution in [0, 0.1) is 29.0 Å². The van der Waals surface area contributed by atoms with E-state index in [0.29, 0.717) is 5.92 Å². The molecule has 0 radical (unpaired) electrons. The van der Waals surface area contributed by atoms with Crippen molar-refractivity contribution in [2.45, 2.75) is 44.0 Å². The molecular formula is C15H19FN2O2S. The molecule has 0 bridgehead atoms. The van der Waals surface area contributed by atoms with Crippen LogP contribution in [0.4, 0.5) is 4.39 Å². The first-order valence-electron chi connectivity index (χ1n) is 7.07. The summed E-state index contributed by atoms with van der Waals surface area (Å²) >= 11 is 0. The van der Waals surface area contributed by atoms with Gasteiger partial charge in [0.1, 0.15) is 22.3 Å². The van der Waals surface area contributed by atoms with E-state index in [4.69, 9.17) is 5.26 Å². The van der Waals surface area contributed by atoms with Crippen molar-refractivity contribution < 1.29 is 12.8 Å². The lowest BCUT2D eigenvalue weighted by Crippen LogP contribution is -2.43. The second-order valence-electron chi connectivity index (χ2n) is 5.72. The zero-order chi connectivity index (χ0) is 15.6. The summed E-state index contributed by atoms with van der Waals surface area (Å²) in [6, 6.07) is 5.11. The molecule has 0 heterocycles. The second kappa shape index (κ2) is 6.12. The Balaban J connectivity index is 2.31. The fourth-order valence-electron chi connectivity index (χ4n) is 2.85. The maximum Gasteiger partial charge on any atom is 0.242 e. The predicted octanol–water partition coefficient (Wildman–Crippen LogP) is 2.80. The lowest BCUT2D eigenvalue weighted by atomic mass is 9.78. The van der Waals surface area contributed by atoms with Crippen LogP contribution in [0.3, 0.4) is 0 Å². The smallest absolute Gasteiger partial charge is 0.208 e. The number of benzene rings is 1. The number of hydrogen-bond donors (Lipinski definition) is 1.